The largest absolute Gasteiger partial charge is 0.395 e. The van der Waals surface area contributed by atoms with Crippen molar-refractivity contribution in [2.24, 2.45) is 5.73 Å². The molecule has 0 aliphatic rings. The van der Waals surface area contributed by atoms with E-state index in [0.29, 0.717) is 11.5 Å². The highest BCUT2D eigenvalue weighted by atomic mass is 32.1. The number of likely N-dealkylation sites (N-methyl/N-ethyl adjacent to an activating group) is 1. The first-order chi connectivity index (χ1) is 7.07. The second-order valence-corrected chi connectivity index (χ2v) is 3.92. The van der Waals surface area contributed by atoms with Crippen LogP contribution in [-0.2, 0) is 0 Å². The lowest BCUT2D eigenvalue weighted by molar-refractivity contribution is 0.304. The van der Waals surface area contributed by atoms with E-state index in [0.717, 1.165) is 16.8 Å². The van der Waals surface area contributed by atoms with Gasteiger partial charge in [0.15, 0.2) is 0 Å². The standard InChI is InChI=1S/C11H16N2OS/c1-8-4-3-5-9(11(12)15)10(8)13(2)6-7-14/h3-5,14H,6-7H2,1-2H3,(H2,12,15). The van der Waals surface area contributed by atoms with E-state index >= 15 is 0 Å². The molecule has 1 aromatic carbocycles. The average molecular weight is 224 g/mol. The lowest BCUT2D eigenvalue weighted by Gasteiger charge is -2.23. The molecule has 1 rings (SSSR count). The maximum atomic E-state index is 8.91. The zero-order valence-electron chi connectivity index (χ0n) is 9.03. The van der Waals surface area contributed by atoms with Crippen molar-refractivity contribution in [3.63, 3.8) is 0 Å². The van der Waals surface area contributed by atoms with Gasteiger partial charge in [-0.2, -0.15) is 0 Å². The Balaban J connectivity index is 3.18. The van der Waals surface area contributed by atoms with Crippen LogP contribution in [0.2, 0.25) is 0 Å². The van der Waals surface area contributed by atoms with Crippen molar-refractivity contribution < 1.29 is 5.11 Å². The normalized spacial score (nSPS) is 10.1. The molecule has 3 N–H and O–H groups in total. The van der Waals surface area contributed by atoms with Gasteiger partial charge in [0.2, 0.25) is 0 Å². The first-order valence-electron chi connectivity index (χ1n) is 4.79. The molecule has 0 aliphatic heterocycles. The molecule has 0 saturated heterocycles. The third-order valence-electron chi connectivity index (χ3n) is 2.32. The van der Waals surface area contributed by atoms with Crippen LogP contribution in [0, 0.1) is 6.92 Å². The van der Waals surface area contributed by atoms with Gasteiger partial charge in [0, 0.05) is 24.8 Å². The fourth-order valence-electron chi connectivity index (χ4n) is 1.63. The number of aliphatic hydroxyl groups is 1. The third kappa shape index (κ3) is 2.67. The first-order valence-corrected chi connectivity index (χ1v) is 5.20. The Morgan fingerprint density at radius 2 is 2.20 bits per heavy atom. The average Bonchev–Trinajstić information content (AvgIpc) is 2.17. The number of aryl methyl sites for hydroxylation is 1. The molecule has 15 heavy (non-hydrogen) atoms. The van der Waals surface area contributed by atoms with Gasteiger partial charge in [-0.15, -0.1) is 0 Å². The maximum absolute atomic E-state index is 8.91. The van der Waals surface area contributed by atoms with E-state index in [4.69, 9.17) is 23.1 Å². The zero-order valence-corrected chi connectivity index (χ0v) is 9.84. The van der Waals surface area contributed by atoms with Crippen LogP contribution in [0.3, 0.4) is 0 Å². The molecule has 0 aromatic heterocycles. The SMILES string of the molecule is Cc1cccc(C(N)=S)c1N(C)CCO. The van der Waals surface area contributed by atoms with Gasteiger partial charge < -0.3 is 15.7 Å². The van der Waals surface area contributed by atoms with Crippen molar-refractivity contribution in [2.75, 3.05) is 25.1 Å². The van der Waals surface area contributed by atoms with Gasteiger partial charge in [0.25, 0.3) is 0 Å². The van der Waals surface area contributed by atoms with Crippen LogP contribution in [0.4, 0.5) is 5.69 Å². The van der Waals surface area contributed by atoms with Crippen molar-refractivity contribution in [1.82, 2.24) is 0 Å². The Bertz CT molecular complexity index is 366. The highest BCUT2D eigenvalue weighted by molar-refractivity contribution is 7.80. The van der Waals surface area contributed by atoms with Crippen molar-refractivity contribution in [3.05, 3.63) is 29.3 Å². The molecule has 0 bridgehead atoms. The Hall–Kier alpha value is -1.13. The zero-order chi connectivity index (χ0) is 11.4. The quantitative estimate of drug-likeness (QED) is 0.751. The molecular weight excluding hydrogens is 208 g/mol. The molecule has 0 radical (unpaired) electrons. The van der Waals surface area contributed by atoms with Crippen molar-refractivity contribution in [2.45, 2.75) is 6.92 Å². The summed E-state index contributed by atoms with van der Waals surface area (Å²) in [4.78, 5) is 2.35. The van der Waals surface area contributed by atoms with Gasteiger partial charge in [-0.3, -0.25) is 0 Å². The van der Waals surface area contributed by atoms with E-state index in [1.807, 2.05) is 37.1 Å². The summed E-state index contributed by atoms with van der Waals surface area (Å²) in [5.74, 6) is 0. The molecule has 1 aromatic rings. The van der Waals surface area contributed by atoms with Gasteiger partial charge in [-0.05, 0) is 18.6 Å². The molecule has 0 unspecified atom stereocenters. The molecule has 0 spiro atoms. The molecule has 0 aliphatic carbocycles. The van der Waals surface area contributed by atoms with Crippen LogP contribution in [0.25, 0.3) is 0 Å². The molecule has 3 nitrogen and oxygen atoms in total. The number of hydrogen-bond donors (Lipinski definition) is 2. The number of benzene rings is 1. The molecule has 0 saturated carbocycles. The van der Waals surface area contributed by atoms with E-state index in [1.165, 1.54) is 0 Å². The fraction of sp³-hybridized carbons (Fsp3) is 0.364. The smallest absolute Gasteiger partial charge is 0.106 e. The molecule has 0 amide bonds. The Kier molecular flexibility index (Phi) is 4.05. The maximum Gasteiger partial charge on any atom is 0.106 e. The Labute approximate surface area is 95.5 Å². The van der Waals surface area contributed by atoms with Gasteiger partial charge in [-0.25, -0.2) is 0 Å². The minimum atomic E-state index is 0.113. The van der Waals surface area contributed by atoms with Gasteiger partial charge in [-0.1, -0.05) is 24.4 Å². The van der Waals surface area contributed by atoms with E-state index in [9.17, 15) is 0 Å². The number of nitrogens with two attached hydrogens (primary N) is 1. The summed E-state index contributed by atoms with van der Waals surface area (Å²) in [6.07, 6.45) is 0. The summed E-state index contributed by atoms with van der Waals surface area (Å²) >= 11 is 5.00. The van der Waals surface area contributed by atoms with E-state index < -0.39 is 0 Å². The van der Waals surface area contributed by atoms with Crippen LogP contribution in [0.5, 0.6) is 0 Å². The molecule has 4 heteroatoms. The van der Waals surface area contributed by atoms with E-state index in [2.05, 4.69) is 0 Å². The number of anilines is 1. The number of nitrogens with zero attached hydrogens (tertiary/aromatic N) is 1. The van der Waals surface area contributed by atoms with Gasteiger partial charge in [0.05, 0.1) is 6.61 Å². The van der Waals surface area contributed by atoms with Crippen molar-refractivity contribution in [3.8, 4) is 0 Å². The molecule has 0 heterocycles. The number of aliphatic hydroxyl groups excluding tert-OH is 1. The predicted molar refractivity (Wildman–Crippen MR) is 67.4 cm³/mol. The number of rotatable bonds is 4. The number of para-hydroxylation sites is 1. The summed E-state index contributed by atoms with van der Waals surface area (Å²) < 4.78 is 0. The third-order valence-corrected chi connectivity index (χ3v) is 2.54. The van der Waals surface area contributed by atoms with Crippen molar-refractivity contribution in [1.29, 1.82) is 0 Å². The molecule has 0 atom stereocenters. The fourth-order valence-corrected chi connectivity index (χ4v) is 1.79. The Morgan fingerprint density at radius 3 is 2.73 bits per heavy atom. The van der Waals surface area contributed by atoms with Crippen LogP contribution in [-0.4, -0.2) is 30.3 Å². The molecule has 0 fully saturated rings. The lowest BCUT2D eigenvalue weighted by atomic mass is 10.1. The predicted octanol–water partition coefficient (Wildman–Crippen LogP) is 1.06. The minimum Gasteiger partial charge on any atom is -0.395 e. The highest BCUT2D eigenvalue weighted by Crippen LogP contribution is 2.23. The minimum absolute atomic E-state index is 0.113. The van der Waals surface area contributed by atoms with Crippen LogP contribution in [0.1, 0.15) is 11.1 Å². The van der Waals surface area contributed by atoms with Gasteiger partial charge >= 0.3 is 0 Å². The summed E-state index contributed by atoms with van der Waals surface area (Å²) in [7, 11) is 1.92. The van der Waals surface area contributed by atoms with E-state index in [-0.39, 0.29) is 6.61 Å². The summed E-state index contributed by atoms with van der Waals surface area (Å²) in [5, 5.41) is 8.91. The van der Waals surface area contributed by atoms with Crippen LogP contribution in [0.15, 0.2) is 18.2 Å². The molecule has 82 valence electrons. The van der Waals surface area contributed by atoms with E-state index in [1.54, 1.807) is 0 Å². The van der Waals surface area contributed by atoms with Crippen LogP contribution >= 0.6 is 12.2 Å². The monoisotopic (exact) mass is 224 g/mol. The second-order valence-electron chi connectivity index (χ2n) is 3.48. The number of hydrogen-bond acceptors (Lipinski definition) is 3. The summed E-state index contributed by atoms with van der Waals surface area (Å²) in [5.41, 5.74) is 8.63. The summed E-state index contributed by atoms with van der Waals surface area (Å²) in [6, 6.07) is 5.84. The lowest BCUT2D eigenvalue weighted by Crippen LogP contribution is -2.25. The number of thiocarbonyl (C=S) groups is 1. The van der Waals surface area contributed by atoms with Gasteiger partial charge in [0.1, 0.15) is 4.99 Å². The molecular formula is C11H16N2OS. The Morgan fingerprint density at radius 1 is 1.53 bits per heavy atom. The highest BCUT2D eigenvalue weighted by Gasteiger charge is 2.11. The second kappa shape index (κ2) is 5.09. The van der Waals surface area contributed by atoms with Crippen LogP contribution < -0.4 is 10.6 Å². The first kappa shape index (κ1) is 11.9. The van der Waals surface area contributed by atoms with Crippen molar-refractivity contribution >= 4 is 22.9 Å². The summed E-state index contributed by atoms with van der Waals surface area (Å²) in [6.45, 7) is 2.69. The topological polar surface area (TPSA) is 49.5 Å².